The molecule has 0 saturated heterocycles. The van der Waals surface area contributed by atoms with Gasteiger partial charge in [0.2, 0.25) is 0 Å². The van der Waals surface area contributed by atoms with Crippen LogP contribution in [-0.4, -0.2) is 0 Å². The van der Waals surface area contributed by atoms with Gasteiger partial charge in [0, 0.05) is 16.2 Å². The van der Waals surface area contributed by atoms with Crippen LogP contribution in [0.1, 0.15) is 62.3 Å². The van der Waals surface area contributed by atoms with Crippen molar-refractivity contribution in [3.8, 4) is 0 Å². The predicted octanol–water partition coefficient (Wildman–Crippen LogP) is 7.28. The maximum absolute atomic E-state index is 2.57. The molecule has 0 nitrogen and oxygen atoms in total. The van der Waals surface area contributed by atoms with Crippen molar-refractivity contribution in [2.45, 2.75) is 45.4 Å². The topological polar surface area (TPSA) is 0 Å². The van der Waals surface area contributed by atoms with Crippen molar-refractivity contribution in [3.63, 3.8) is 0 Å². The van der Waals surface area contributed by atoms with Gasteiger partial charge in [0.1, 0.15) is 0 Å². The molecule has 0 amide bonds. The second-order valence-corrected chi connectivity index (χ2v) is 9.79. The Morgan fingerprint density at radius 3 is 2.39 bits per heavy atom. The van der Waals surface area contributed by atoms with E-state index in [1.54, 1.807) is 16.7 Å². The molecule has 0 N–H and O–H groups in total. The van der Waals surface area contributed by atoms with E-state index in [9.17, 15) is 0 Å². The summed E-state index contributed by atoms with van der Waals surface area (Å²) >= 11 is 0. The molecule has 4 atom stereocenters. The van der Waals surface area contributed by atoms with E-state index in [-0.39, 0.29) is 16.2 Å². The van der Waals surface area contributed by atoms with E-state index < -0.39 is 0 Å². The highest BCUT2D eigenvalue weighted by Crippen LogP contribution is 2.72. The molecule has 1 fully saturated rings. The number of allylic oxidation sites excluding steroid dienone is 4. The molecule has 0 heterocycles. The maximum atomic E-state index is 2.57. The van der Waals surface area contributed by atoms with Crippen LogP contribution in [0.3, 0.4) is 0 Å². The number of hydrogen-bond donors (Lipinski definition) is 0. The predicted molar refractivity (Wildman–Crippen MR) is 119 cm³/mol. The van der Waals surface area contributed by atoms with Crippen LogP contribution in [0.4, 0.5) is 0 Å². The molecule has 0 aliphatic heterocycles. The molecule has 4 aliphatic carbocycles. The lowest BCUT2D eigenvalue weighted by Gasteiger charge is -2.64. The van der Waals surface area contributed by atoms with Gasteiger partial charge in [-0.1, -0.05) is 99.2 Å². The molecule has 0 bridgehead atoms. The fourth-order valence-electron chi connectivity index (χ4n) is 7.30. The Kier molecular flexibility index (Phi) is 3.07. The van der Waals surface area contributed by atoms with Crippen LogP contribution < -0.4 is 0 Å². The first-order valence-electron chi connectivity index (χ1n) is 10.8. The van der Waals surface area contributed by atoms with Gasteiger partial charge in [0.05, 0.1) is 0 Å². The zero-order chi connectivity index (χ0) is 19.1. The first-order valence-corrected chi connectivity index (χ1v) is 10.8. The molecule has 28 heavy (non-hydrogen) atoms. The Morgan fingerprint density at radius 1 is 0.821 bits per heavy atom. The van der Waals surface area contributed by atoms with Gasteiger partial charge < -0.3 is 0 Å². The second-order valence-electron chi connectivity index (χ2n) is 9.79. The van der Waals surface area contributed by atoms with E-state index in [1.807, 2.05) is 0 Å². The van der Waals surface area contributed by atoms with Crippen LogP contribution in [-0.2, 0) is 5.41 Å². The number of fused-ring (bicyclic) bond motifs is 9. The molecule has 0 spiro atoms. The highest BCUT2D eigenvalue weighted by atomic mass is 14.7. The average molecular weight is 365 g/mol. The maximum Gasteiger partial charge on any atom is 0.0210 e. The van der Waals surface area contributed by atoms with Gasteiger partial charge in [-0.05, 0) is 53.0 Å². The molecular formula is C28H28. The minimum Gasteiger partial charge on any atom is -0.0759 e. The van der Waals surface area contributed by atoms with Crippen molar-refractivity contribution in [2.24, 2.45) is 16.7 Å². The van der Waals surface area contributed by atoms with Gasteiger partial charge in [-0.2, -0.15) is 0 Å². The molecule has 6 rings (SSSR count). The van der Waals surface area contributed by atoms with Crippen LogP contribution in [0.15, 0.2) is 66.3 Å². The van der Waals surface area contributed by atoms with Gasteiger partial charge >= 0.3 is 0 Å². The zero-order valence-corrected chi connectivity index (χ0v) is 17.1. The smallest absolute Gasteiger partial charge is 0.0210 e. The van der Waals surface area contributed by atoms with Crippen LogP contribution in [0.5, 0.6) is 0 Å². The second kappa shape index (κ2) is 5.17. The van der Waals surface area contributed by atoms with Crippen molar-refractivity contribution in [2.75, 3.05) is 0 Å². The summed E-state index contributed by atoms with van der Waals surface area (Å²) in [5, 5.41) is 0. The SMILES string of the molecule is CC12C=Cc3ccccc3C1=C1CCCC1C1(C)c3ccccc3C=CC21C. The van der Waals surface area contributed by atoms with Crippen molar-refractivity contribution < 1.29 is 0 Å². The lowest BCUT2D eigenvalue weighted by Crippen LogP contribution is -2.59. The monoisotopic (exact) mass is 364 g/mol. The van der Waals surface area contributed by atoms with Crippen molar-refractivity contribution in [1.82, 2.24) is 0 Å². The quantitative estimate of drug-likeness (QED) is 0.461. The molecule has 1 saturated carbocycles. The van der Waals surface area contributed by atoms with E-state index in [0.29, 0.717) is 5.92 Å². The molecule has 2 aromatic rings. The normalized spacial score (nSPS) is 37.0. The van der Waals surface area contributed by atoms with E-state index >= 15 is 0 Å². The minimum atomic E-state index is 0.0102. The molecular weight excluding hydrogens is 336 g/mol. The van der Waals surface area contributed by atoms with Crippen LogP contribution in [0.25, 0.3) is 17.7 Å². The van der Waals surface area contributed by atoms with Crippen molar-refractivity contribution in [3.05, 3.63) is 88.5 Å². The molecule has 4 aliphatic rings. The van der Waals surface area contributed by atoms with Gasteiger partial charge in [-0.15, -0.1) is 0 Å². The Balaban J connectivity index is 1.74. The molecule has 4 unspecified atom stereocenters. The molecule has 0 radical (unpaired) electrons. The van der Waals surface area contributed by atoms with Crippen LogP contribution in [0.2, 0.25) is 0 Å². The first kappa shape index (κ1) is 16.6. The zero-order valence-electron chi connectivity index (χ0n) is 17.1. The molecule has 140 valence electrons. The van der Waals surface area contributed by atoms with Crippen LogP contribution >= 0.6 is 0 Å². The average Bonchev–Trinajstić information content (AvgIpc) is 3.20. The lowest BCUT2D eigenvalue weighted by molar-refractivity contribution is 0.0644. The van der Waals surface area contributed by atoms with Gasteiger partial charge in [-0.3, -0.25) is 0 Å². The Labute approximate surface area is 168 Å². The number of benzene rings is 2. The summed E-state index contributed by atoms with van der Waals surface area (Å²) in [7, 11) is 0. The lowest BCUT2D eigenvalue weighted by atomic mass is 9.38. The van der Waals surface area contributed by atoms with Gasteiger partial charge in [0.25, 0.3) is 0 Å². The van der Waals surface area contributed by atoms with Gasteiger partial charge in [0.15, 0.2) is 0 Å². The van der Waals surface area contributed by atoms with Crippen LogP contribution in [0, 0.1) is 16.7 Å². The molecule has 0 heteroatoms. The Bertz CT molecular complexity index is 1100. The molecule has 0 aromatic heterocycles. The third-order valence-corrected chi connectivity index (χ3v) is 9.00. The standard InChI is InChI=1S/C28H28/c1-26-17-15-19-9-4-6-11-21(19)25(26)22-12-8-14-24(22)28(3)23-13-7-5-10-20(23)16-18-27(26,28)2/h4-7,9-11,13,15-18,24H,8,12,14H2,1-3H3. The largest absolute Gasteiger partial charge is 0.0759 e. The Hall–Kier alpha value is -2.34. The van der Waals surface area contributed by atoms with Crippen molar-refractivity contribution >= 4 is 17.7 Å². The number of hydrogen-bond acceptors (Lipinski definition) is 0. The van der Waals surface area contributed by atoms with E-state index in [4.69, 9.17) is 0 Å². The highest BCUT2D eigenvalue weighted by Gasteiger charge is 2.65. The summed E-state index contributed by atoms with van der Waals surface area (Å²) in [4.78, 5) is 0. The highest BCUT2D eigenvalue weighted by molar-refractivity contribution is 5.88. The summed E-state index contributed by atoms with van der Waals surface area (Å²) in [6, 6.07) is 18.2. The molecule has 2 aromatic carbocycles. The third kappa shape index (κ3) is 1.66. The fraction of sp³-hybridized carbons (Fsp3) is 0.357. The Morgan fingerprint density at radius 2 is 1.54 bits per heavy atom. The number of rotatable bonds is 0. The summed E-state index contributed by atoms with van der Waals surface area (Å²) in [5.74, 6) is 0.631. The van der Waals surface area contributed by atoms with E-state index in [1.165, 1.54) is 36.0 Å². The minimum absolute atomic E-state index is 0.0102. The summed E-state index contributed by atoms with van der Waals surface area (Å²) in [6.45, 7) is 7.61. The fourth-order valence-corrected chi connectivity index (χ4v) is 7.30. The first-order chi connectivity index (χ1) is 13.5. The summed E-state index contributed by atoms with van der Waals surface area (Å²) < 4.78 is 0. The summed E-state index contributed by atoms with van der Waals surface area (Å²) in [6.07, 6.45) is 13.8. The van der Waals surface area contributed by atoms with E-state index in [0.717, 1.165) is 0 Å². The van der Waals surface area contributed by atoms with E-state index in [2.05, 4.69) is 93.6 Å². The summed E-state index contributed by atoms with van der Waals surface area (Å²) in [5.41, 5.74) is 9.39. The van der Waals surface area contributed by atoms with Gasteiger partial charge in [-0.25, -0.2) is 0 Å². The van der Waals surface area contributed by atoms with Crippen molar-refractivity contribution in [1.29, 1.82) is 0 Å². The third-order valence-electron chi connectivity index (χ3n) is 9.00.